The number of aromatic nitrogens is 4. The zero-order valence-corrected chi connectivity index (χ0v) is 15.3. The van der Waals surface area contributed by atoms with Crippen LogP contribution in [0.15, 0.2) is 42.5 Å². The molecule has 3 rings (SSSR count). The molecule has 1 N–H and O–H groups in total. The van der Waals surface area contributed by atoms with Gasteiger partial charge in [0.2, 0.25) is 5.82 Å². The van der Waals surface area contributed by atoms with Crippen molar-refractivity contribution in [3.63, 3.8) is 0 Å². The molecule has 10 heteroatoms. The minimum absolute atomic E-state index is 0.226. The number of aryl methyl sites for hydroxylation is 1. The maximum atomic E-state index is 13.0. The first-order chi connectivity index (χ1) is 13.1. The Morgan fingerprint density at radius 3 is 2.50 bits per heavy atom. The third kappa shape index (κ3) is 4.11. The molecule has 0 unspecified atom stereocenters. The summed E-state index contributed by atoms with van der Waals surface area (Å²) in [5, 5.41) is 14.8. The Morgan fingerprint density at radius 2 is 1.89 bits per heavy atom. The van der Waals surface area contributed by atoms with Crippen LogP contribution in [0.25, 0.3) is 11.4 Å². The van der Waals surface area contributed by atoms with Crippen molar-refractivity contribution in [1.82, 2.24) is 25.1 Å². The van der Waals surface area contributed by atoms with E-state index in [1.807, 2.05) is 0 Å². The summed E-state index contributed by atoms with van der Waals surface area (Å²) in [6.45, 7) is 0. The van der Waals surface area contributed by atoms with E-state index < -0.39 is 11.7 Å². The molecule has 28 heavy (non-hydrogen) atoms. The predicted molar refractivity (Wildman–Crippen MR) is 97.0 cm³/mol. The van der Waals surface area contributed by atoms with Gasteiger partial charge in [-0.1, -0.05) is 6.07 Å². The van der Waals surface area contributed by atoms with Crippen molar-refractivity contribution < 1.29 is 18.0 Å². The maximum absolute atomic E-state index is 13.0. The van der Waals surface area contributed by atoms with Gasteiger partial charge >= 0.3 is 6.18 Å². The highest BCUT2D eigenvalue weighted by Crippen LogP contribution is 2.33. The molecule has 0 aliphatic rings. The number of carbonyl (C=O) groups excluding carboxylic acids is 1. The van der Waals surface area contributed by atoms with Crippen LogP contribution < -0.4 is 5.32 Å². The number of anilines is 2. The summed E-state index contributed by atoms with van der Waals surface area (Å²) < 4.78 is 38.9. The van der Waals surface area contributed by atoms with Crippen LogP contribution >= 0.6 is 0 Å². The van der Waals surface area contributed by atoms with Crippen LogP contribution in [0, 0.1) is 0 Å². The minimum atomic E-state index is -4.45. The van der Waals surface area contributed by atoms with E-state index in [-0.39, 0.29) is 17.4 Å². The van der Waals surface area contributed by atoms with Gasteiger partial charge in [0, 0.05) is 36.6 Å². The number of hydrogen-bond acceptors (Lipinski definition) is 5. The summed E-state index contributed by atoms with van der Waals surface area (Å²) >= 11 is 0. The van der Waals surface area contributed by atoms with E-state index in [0.717, 1.165) is 12.1 Å². The molecule has 1 aromatic heterocycles. The van der Waals surface area contributed by atoms with Crippen LogP contribution in [0.1, 0.15) is 15.9 Å². The number of benzene rings is 2. The van der Waals surface area contributed by atoms with Crippen LogP contribution in [-0.4, -0.2) is 45.1 Å². The summed E-state index contributed by atoms with van der Waals surface area (Å²) in [4.78, 5) is 15.0. The number of nitrogens with one attached hydrogen (secondary N) is 1. The average molecular weight is 390 g/mol. The third-order valence-electron chi connectivity index (χ3n) is 3.89. The van der Waals surface area contributed by atoms with Gasteiger partial charge in [-0.05, 0) is 41.6 Å². The summed E-state index contributed by atoms with van der Waals surface area (Å²) in [7, 11) is 4.83. The van der Waals surface area contributed by atoms with Gasteiger partial charge in [0.1, 0.15) is 0 Å². The van der Waals surface area contributed by atoms with Crippen LogP contribution in [0.3, 0.4) is 0 Å². The fraction of sp³-hybridized carbons (Fsp3) is 0.222. The molecule has 0 radical (unpaired) electrons. The van der Waals surface area contributed by atoms with Crippen molar-refractivity contribution in [2.45, 2.75) is 6.18 Å². The number of rotatable bonds is 4. The zero-order chi connectivity index (χ0) is 20.5. The molecule has 0 atom stereocenters. The Balaban J connectivity index is 2.04. The molecule has 0 spiro atoms. The molecule has 1 amide bonds. The number of amides is 1. The molecule has 0 saturated carbocycles. The second-order valence-corrected chi connectivity index (χ2v) is 6.27. The molecule has 1 heterocycles. The van der Waals surface area contributed by atoms with Gasteiger partial charge in [-0.3, -0.25) is 4.79 Å². The highest BCUT2D eigenvalue weighted by molar-refractivity contribution is 5.96. The number of alkyl halides is 3. The molecular formula is C18H17F3N6O. The standard InChI is InChI=1S/C18H17F3N6O/c1-26(2)17(28)11-7-8-15(14(9-11)16-23-25-27(3)24-16)22-13-6-4-5-12(10-13)18(19,20)21/h4-10,22H,1-3H3. The van der Waals surface area contributed by atoms with E-state index in [1.54, 1.807) is 39.3 Å². The Bertz CT molecular complexity index is 1010. The molecule has 0 aliphatic heterocycles. The first-order valence-corrected chi connectivity index (χ1v) is 8.19. The van der Waals surface area contributed by atoms with E-state index in [1.165, 1.54) is 21.8 Å². The fourth-order valence-corrected chi connectivity index (χ4v) is 2.55. The van der Waals surface area contributed by atoms with Crippen molar-refractivity contribution in [3.8, 4) is 11.4 Å². The maximum Gasteiger partial charge on any atom is 0.416 e. The van der Waals surface area contributed by atoms with E-state index >= 15 is 0 Å². The third-order valence-corrected chi connectivity index (χ3v) is 3.89. The number of hydrogen-bond donors (Lipinski definition) is 1. The predicted octanol–water partition coefficient (Wildman–Crippen LogP) is 3.34. The fourth-order valence-electron chi connectivity index (χ4n) is 2.55. The summed E-state index contributed by atoms with van der Waals surface area (Å²) in [6.07, 6.45) is -4.45. The lowest BCUT2D eigenvalue weighted by molar-refractivity contribution is -0.137. The topological polar surface area (TPSA) is 75.9 Å². The van der Waals surface area contributed by atoms with Crippen molar-refractivity contribution in [1.29, 1.82) is 0 Å². The zero-order valence-electron chi connectivity index (χ0n) is 15.3. The first-order valence-electron chi connectivity index (χ1n) is 8.19. The molecule has 0 saturated heterocycles. The lowest BCUT2D eigenvalue weighted by Crippen LogP contribution is -2.21. The highest BCUT2D eigenvalue weighted by atomic mass is 19.4. The van der Waals surface area contributed by atoms with Gasteiger partial charge in [0.25, 0.3) is 5.91 Å². The largest absolute Gasteiger partial charge is 0.416 e. The van der Waals surface area contributed by atoms with Crippen molar-refractivity contribution in [2.75, 3.05) is 19.4 Å². The number of tetrazole rings is 1. The molecular weight excluding hydrogens is 373 g/mol. The lowest BCUT2D eigenvalue weighted by Gasteiger charge is -2.15. The average Bonchev–Trinajstić information content (AvgIpc) is 3.07. The Labute approximate surface area is 158 Å². The molecule has 3 aromatic rings. The van der Waals surface area contributed by atoms with Gasteiger partial charge < -0.3 is 10.2 Å². The SMILES string of the molecule is CN(C)C(=O)c1ccc(Nc2cccc(C(F)(F)F)c2)c(-c2nnn(C)n2)c1. The molecule has 0 aliphatic carbocycles. The van der Waals surface area contributed by atoms with E-state index in [4.69, 9.17) is 0 Å². The minimum Gasteiger partial charge on any atom is -0.355 e. The van der Waals surface area contributed by atoms with Gasteiger partial charge in [0.05, 0.1) is 12.6 Å². The summed E-state index contributed by atoms with van der Waals surface area (Å²) in [5.74, 6) is 0.0149. The lowest BCUT2D eigenvalue weighted by atomic mass is 10.1. The van der Waals surface area contributed by atoms with Gasteiger partial charge in [-0.2, -0.15) is 18.0 Å². The van der Waals surface area contributed by atoms with Crippen LogP contribution in [0.5, 0.6) is 0 Å². The number of carbonyl (C=O) groups is 1. The molecule has 7 nitrogen and oxygen atoms in total. The van der Waals surface area contributed by atoms with E-state index in [9.17, 15) is 18.0 Å². The highest BCUT2D eigenvalue weighted by Gasteiger charge is 2.30. The molecule has 146 valence electrons. The second kappa shape index (κ2) is 7.29. The molecule has 0 fully saturated rings. The van der Waals surface area contributed by atoms with Crippen LogP contribution in [0.2, 0.25) is 0 Å². The van der Waals surface area contributed by atoms with Gasteiger partial charge in [-0.15, -0.1) is 10.2 Å². The monoisotopic (exact) mass is 390 g/mol. The summed E-state index contributed by atoms with van der Waals surface area (Å²) in [6, 6.07) is 9.59. The number of nitrogens with zero attached hydrogens (tertiary/aromatic N) is 5. The van der Waals surface area contributed by atoms with Crippen molar-refractivity contribution in [3.05, 3.63) is 53.6 Å². The van der Waals surface area contributed by atoms with Gasteiger partial charge in [0.15, 0.2) is 0 Å². The van der Waals surface area contributed by atoms with Gasteiger partial charge in [-0.25, -0.2) is 0 Å². The number of halogens is 3. The quantitative estimate of drug-likeness (QED) is 0.740. The van der Waals surface area contributed by atoms with Crippen molar-refractivity contribution >= 4 is 17.3 Å². The Kier molecular flexibility index (Phi) is 5.04. The molecule has 2 aromatic carbocycles. The second-order valence-electron chi connectivity index (χ2n) is 6.27. The molecule has 0 bridgehead atoms. The summed E-state index contributed by atoms with van der Waals surface area (Å²) in [5.41, 5.74) is 0.755. The van der Waals surface area contributed by atoms with E-state index in [2.05, 4.69) is 20.7 Å². The van der Waals surface area contributed by atoms with Crippen LogP contribution in [-0.2, 0) is 13.2 Å². The Hall–Kier alpha value is -3.43. The van der Waals surface area contributed by atoms with E-state index in [0.29, 0.717) is 16.8 Å². The smallest absolute Gasteiger partial charge is 0.355 e. The van der Waals surface area contributed by atoms with Crippen LogP contribution in [0.4, 0.5) is 24.5 Å². The first kappa shape index (κ1) is 19.3. The van der Waals surface area contributed by atoms with Crippen molar-refractivity contribution in [2.24, 2.45) is 7.05 Å². The normalized spacial score (nSPS) is 11.4. The Morgan fingerprint density at radius 1 is 1.14 bits per heavy atom.